The summed E-state index contributed by atoms with van der Waals surface area (Å²) in [6, 6.07) is 0. The molecule has 0 aliphatic heterocycles. The molecule has 0 amide bonds. The Bertz CT molecular complexity index is 350. The molecule has 0 aliphatic carbocycles. The molecular formula is C16H31NO3. The van der Waals surface area contributed by atoms with Crippen molar-refractivity contribution in [3.05, 3.63) is 0 Å². The Hall–Kier alpha value is -0.740. The Balaban J connectivity index is 4.65. The first-order valence-corrected chi connectivity index (χ1v) is 7.28. The summed E-state index contributed by atoms with van der Waals surface area (Å²) >= 11 is 0. The van der Waals surface area contributed by atoms with Gasteiger partial charge in [0, 0.05) is 23.4 Å². The second-order valence-electron chi connectivity index (χ2n) is 7.73. The summed E-state index contributed by atoms with van der Waals surface area (Å²) in [4.78, 5) is 24.4. The van der Waals surface area contributed by atoms with Gasteiger partial charge in [-0.3, -0.25) is 9.59 Å². The van der Waals surface area contributed by atoms with Crippen LogP contribution in [0, 0.1) is 17.3 Å². The summed E-state index contributed by atoms with van der Waals surface area (Å²) in [7, 11) is 0. The van der Waals surface area contributed by atoms with E-state index in [9.17, 15) is 14.7 Å². The van der Waals surface area contributed by atoms with Gasteiger partial charge in [-0.05, 0) is 27.7 Å². The Morgan fingerprint density at radius 2 is 1.50 bits per heavy atom. The molecule has 2 N–H and O–H groups in total. The maximum absolute atomic E-state index is 12.3. The monoisotopic (exact) mass is 285 g/mol. The van der Waals surface area contributed by atoms with E-state index in [1.54, 1.807) is 34.6 Å². The Morgan fingerprint density at radius 1 is 1.05 bits per heavy atom. The van der Waals surface area contributed by atoms with Crippen molar-refractivity contribution < 1.29 is 14.7 Å². The molecule has 0 saturated carbocycles. The third-order valence-electron chi connectivity index (χ3n) is 3.43. The Morgan fingerprint density at radius 3 is 1.85 bits per heavy atom. The lowest BCUT2D eigenvalue weighted by Gasteiger charge is -2.27. The van der Waals surface area contributed by atoms with E-state index in [0.717, 1.165) is 0 Å². The maximum Gasteiger partial charge on any atom is 0.148 e. The predicted octanol–water partition coefficient (Wildman–Crippen LogP) is 2.19. The molecule has 118 valence electrons. The molecule has 0 radical (unpaired) electrons. The quantitative estimate of drug-likeness (QED) is 0.734. The summed E-state index contributed by atoms with van der Waals surface area (Å²) in [5, 5.41) is 13.3. The third-order valence-corrected chi connectivity index (χ3v) is 3.43. The number of hydrogen-bond donors (Lipinski definition) is 2. The van der Waals surface area contributed by atoms with Gasteiger partial charge in [0.2, 0.25) is 0 Å². The molecule has 0 aromatic heterocycles. The second-order valence-corrected chi connectivity index (χ2v) is 7.73. The lowest BCUT2D eigenvalue weighted by molar-refractivity contribution is -0.140. The van der Waals surface area contributed by atoms with E-state index in [0.29, 0.717) is 6.54 Å². The number of nitrogens with one attached hydrogen (secondary N) is 1. The molecule has 4 heteroatoms. The number of aliphatic hydroxyl groups is 1. The van der Waals surface area contributed by atoms with E-state index >= 15 is 0 Å². The average molecular weight is 285 g/mol. The lowest BCUT2D eigenvalue weighted by atomic mass is 9.78. The smallest absolute Gasteiger partial charge is 0.148 e. The van der Waals surface area contributed by atoms with E-state index in [1.165, 1.54) is 0 Å². The first kappa shape index (κ1) is 19.3. The van der Waals surface area contributed by atoms with Crippen molar-refractivity contribution in [3.63, 3.8) is 0 Å². The van der Waals surface area contributed by atoms with E-state index in [-0.39, 0.29) is 17.1 Å². The summed E-state index contributed by atoms with van der Waals surface area (Å²) in [5.41, 5.74) is -0.653. The second kappa shape index (κ2) is 6.81. The van der Waals surface area contributed by atoms with Crippen LogP contribution in [0.1, 0.15) is 55.4 Å². The standard InChI is InChI=1S/C16H31NO3/c1-10(12(18)9-17-16(6,7)8)13(19)11(2)14(20)15(3,4)5/h10-12,17-18H,9H2,1-8H3. The number of ketones is 2. The van der Waals surface area contributed by atoms with Crippen LogP contribution in [0.5, 0.6) is 0 Å². The van der Waals surface area contributed by atoms with Crippen LogP contribution in [0.15, 0.2) is 0 Å². The van der Waals surface area contributed by atoms with Gasteiger partial charge >= 0.3 is 0 Å². The van der Waals surface area contributed by atoms with Crippen LogP contribution in [0.2, 0.25) is 0 Å². The van der Waals surface area contributed by atoms with Gasteiger partial charge < -0.3 is 10.4 Å². The number of Topliss-reactive ketones (excluding diaryl/α,β-unsaturated/α-hetero) is 2. The van der Waals surface area contributed by atoms with Gasteiger partial charge in [-0.2, -0.15) is 0 Å². The molecular weight excluding hydrogens is 254 g/mol. The van der Waals surface area contributed by atoms with E-state index < -0.39 is 23.4 Å². The van der Waals surface area contributed by atoms with Crippen molar-refractivity contribution in [2.75, 3.05) is 6.54 Å². The van der Waals surface area contributed by atoms with Crippen LogP contribution in [0.25, 0.3) is 0 Å². The molecule has 0 saturated heterocycles. The number of carbonyl (C=O) groups is 2. The zero-order valence-corrected chi connectivity index (χ0v) is 14.2. The van der Waals surface area contributed by atoms with Crippen LogP contribution in [-0.4, -0.2) is 34.9 Å². The van der Waals surface area contributed by atoms with E-state index in [4.69, 9.17) is 0 Å². The molecule has 3 unspecified atom stereocenters. The molecule has 0 heterocycles. The summed E-state index contributed by atoms with van der Waals surface area (Å²) < 4.78 is 0. The minimum atomic E-state index is -0.781. The molecule has 4 nitrogen and oxygen atoms in total. The average Bonchev–Trinajstić information content (AvgIpc) is 2.30. The number of aliphatic hydroxyl groups excluding tert-OH is 1. The maximum atomic E-state index is 12.3. The van der Waals surface area contributed by atoms with Gasteiger partial charge in [-0.1, -0.05) is 27.7 Å². The molecule has 0 bridgehead atoms. The Labute approximate surface area is 123 Å². The van der Waals surface area contributed by atoms with Crippen LogP contribution in [0.4, 0.5) is 0 Å². The molecule has 0 spiro atoms. The van der Waals surface area contributed by atoms with Gasteiger partial charge in [-0.15, -0.1) is 0 Å². The molecule has 0 fully saturated rings. The zero-order valence-electron chi connectivity index (χ0n) is 14.2. The highest BCUT2D eigenvalue weighted by Crippen LogP contribution is 2.23. The fourth-order valence-electron chi connectivity index (χ4n) is 1.95. The summed E-state index contributed by atoms with van der Waals surface area (Å²) in [6.45, 7) is 15.1. The molecule has 0 rings (SSSR count). The van der Waals surface area contributed by atoms with E-state index in [2.05, 4.69) is 5.32 Å². The highest BCUT2D eigenvalue weighted by molar-refractivity contribution is 6.05. The molecule has 3 atom stereocenters. The van der Waals surface area contributed by atoms with Crippen molar-refractivity contribution in [1.29, 1.82) is 0 Å². The first-order chi connectivity index (χ1) is 8.77. The normalized spacial score (nSPS) is 17.4. The fraction of sp³-hybridized carbons (Fsp3) is 0.875. The summed E-state index contributed by atoms with van der Waals surface area (Å²) in [6.07, 6.45) is -0.781. The van der Waals surface area contributed by atoms with Crippen molar-refractivity contribution in [1.82, 2.24) is 5.32 Å². The minimum Gasteiger partial charge on any atom is -0.391 e. The number of hydrogen-bond acceptors (Lipinski definition) is 4. The third kappa shape index (κ3) is 6.14. The predicted molar refractivity (Wildman–Crippen MR) is 81.6 cm³/mol. The number of rotatable bonds is 6. The van der Waals surface area contributed by atoms with Crippen LogP contribution >= 0.6 is 0 Å². The topological polar surface area (TPSA) is 66.4 Å². The SMILES string of the molecule is CC(C(=O)C(C)C(O)CNC(C)(C)C)C(=O)C(C)(C)C. The van der Waals surface area contributed by atoms with Gasteiger partial charge in [-0.25, -0.2) is 0 Å². The van der Waals surface area contributed by atoms with Crippen LogP contribution in [0.3, 0.4) is 0 Å². The zero-order chi connectivity index (χ0) is 16.3. The van der Waals surface area contributed by atoms with Crippen molar-refractivity contribution in [2.24, 2.45) is 17.3 Å². The van der Waals surface area contributed by atoms with Crippen LogP contribution in [-0.2, 0) is 9.59 Å². The lowest BCUT2D eigenvalue weighted by Crippen LogP contribution is -2.45. The highest BCUT2D eigenvalue weighted by Gasteiger charge is 2.35. The number of β-amino-alcohol motifs (C(OH)–C–C–N with tert-alkyl or cyclic N) is 1. The largest absolute Gasteiger partial charge is 0.391 e. The summed E-state index contributed by atoms with van der Waals surface area (Å²) in [5.74, 6) is -1.49. The Kier molecular flexibility index (Phi) is 6.56. The molecule has 0 aliphatic rings. The first-order valence-electron chi connectivity index (χ1n) is 7.28. The van der Waals surface area contributed by atoms with Gasteiger partial charge in [0.15, 0.2) is 0 Å². The molecule has 0 aromatic carbocycles. The van der Waals surface area contributed by atoms with Gasteiger partial charge in [0.1, 0.15) is 11.6 Å². The minimum absolute atomic E-state index is 0.0784. The number of carbonyl (C=O) groups excluding carboxylic acids is 2. The van der Waals surface area contributed by atoms with Crippen molar-refractivity contribution in [3.8, 4) is 0 Å². The van der Waals surface area contributed by atoms with Crippen molar-refractivity contribution >= 4 is 11.6 Å². The fourth-order valence-corrected chi connectivity index (χ4v) is 1.95. The molecule has 0 aromatic rings. The van der Waals surface area contributed by atoms with Gasteiger partial charge in [0.25, 0.3) is 0 Å². The molecule has 20 heavy (non-hydrogen) atoms. The van der Waals surface area contributed by atoms with Crippen LogP contribution < -0.4 is 5.32 Å². The van der Waals surface area contributed by atoms with E-state index in [1.807, 2.05) is 20.8 Å². The van der Waals surface area contributed by atoms with Crippen molar-refractivity contribution in [2.45, 2.75) is 67.0 Å². The van der Waals surface area contributed by atoms with Gasteiger partial charge in [0.05, 0.1) is 12.0 Å². The highest BCUT2D eigenvalue weighted by atomic mass is 16.3.